The smallest absolute Gasteiger partial charge is 0.359 e. The van der Waals surface area contributed by atoms with Gasteiger partial charge in [-0.2, -0.15) is 5.10 Å². The molecule has 0 saturated carbocycles. The predicted molar refractivity (Wildman–Crippen MR) is 50.4 cm³/mol. The zero-order chi connectivity index (χ0) is 9.84. The molecule has 0 aliphatic carbocycles. The van der Waals surface area contributed by atoms with Crippen LogP contribution in [0.25, 0.3) is 0 Å². The first-order chi connectivity index (χ1) is 6.20. The molecule has 72 valence electrons. The van der Waals surface area contributed by atoms with Crippen molar-refractivity contribution in [3.63, 3.8) is 0 Å². The Bertz CT molecular complexity index is 311. The monoisotopic (exact) mass is 247 g/mol. The van der Waals surface area contributed by atoms with E-state index in [0.717, 1.165) is 5.69 Å². The van der Waals surface area contributed by atoms with Gasteiger partial charge in [-0.15, -0.1) is 0 Å². The first-order valence-electron chi connectivity index (χ1n) is 3.66. The van der Waals surface area contributed by atoms with Gasteiger partial charge < -0.3 is 10.1 Å². The average molecular weight is 248 g/mol. The molecule has 0 saturated heterocycles. The lowest BCUT2D eigenvalue weighted by atomic mass is 10.3. The van der Waals surface area contributed by atoms with Crippen LogP contribution >= 0.6 is 15.9 Å². The third-order valence-electron chi connectivity index (χ3n) is 1.51. The molecule has 0 fully saturated rings. The predicted octanol–water partition coefficient (Wildman–Crippen LogP) is 0.678. The topological polar surface area (TPSA) is 67.0 Å². The van der Waals surface area contributed by atoms with Crippen LogP contribution in [0.3, 0.4) is 0 Å². The van der Waals surface area contributed by atoms with Crippen molar-refractivity contribution in [1.82, 2.24) is 15.5 Å². The highest BCUT2D eigenvalue weighted by Gasteiger charge is 2.17. The molecule has 0 aliphatic rings. The molecule has 0 spiro atoms. The number of aromatic amines is 1. The van der Waals surface area contributed by atoms with E-state index in [1.165, 1.54) is 7.11 Å². The van der Waals surface area contributed by atoms with Crippen molar-refractivity contribution in [2.45, 2.75) is 6.54 Å². The molecule has 2 N–H and O–H groups in total. The Hall–Kier alpha value is -0.880. The molecule has 1 aromatic heterocycles. The average Bonchev–Trinajstić information content (AvgIpc) is 2.48. The van der Waals surface area contributed by atoms with Gasteiger partial charge in [-0.25, -0.2) is 4.79 Å². The van der Waals surface area contributed by atoms with E-state index in [0.29, 0.717) is 11.0 Å². The Morgan fingerprint density at radius 1 is 1.77 bits per heavy atom. The molecule has 5 nitrogen and oxygen atoms in total. The molecule has 0 amide bonds. The number of nitrogens with one attached hydrogen (secondary N) is 2. The van der Waals surface area contributed by atoms with Gasteiger partial charge in [0.2, 0.25) is 0 Å². The molecular formula is C7H10BrN3O2. The van der Waals surface area contributed by atoms with E-state index in [4.69, 9.17) is 0 Å². The Labute approximate surface area is 84.0 Å². The highest BCUT2D eigenvalue weighted by Crippen LogP contribution is 2.19. The molecule has 0 radical (unpaired) electrons. The summed E-state index contributed by atoms with van der Waals surface area (Å²) in [7, 11) is 3.13. The van der Waals surface area contributed by atoms with Crippen LogP contribution in [0.15, 0.2) is 4.47 Å². The van der Waals surface area contributed by atoms with E-state index in [1.54, 1.807) is 0 Å². The molecular weight excluding hydrogens is 238 g/mol. The van der Waals surface area contributed by atoms with Gasteiger partial charge >= 0.3 is 5.97 Å². The fourth-order valence-electron chi connectivity index (χ4n) is 0.890. The second-order valence-corrected chi connectivity index (χ2v) is 3.18. The lowest BCUT2D eigenvalue weighted by Crippen LogP contribution is -2.06. The maximum atomic E-state index is 11.1. The summed E-state index contributed by atoms with van der Waals surface area (Å²) in [6.45, 7) is 0.616. The van der Waals surface area contributed by atoms with Crippen molar-refractivity contribution in [2.75, 3.05) is 14.2 Å². The zero-order valence-corrected chi connectivity index (χ0v) is 8.93. The second kappa shape index (κ2) is 4.38. The maximum absolute atomic E-state index is 11.1. The number of carbonyl (C=O) groups is 1. The lowest BCUT2D eigenvalue weighted by molar-refractivity contribution is 0.0593. The molecule has 6 heteroatoms. The summed E-state index contributed by atoms with van der Waals surface area (Å²) in [5.41, 5.74) is 1.09. The molecule has 0 aliphatic heterocycles. The van der Waals surface area contributed by atoms with Crippen molar-refractivity contribution in [1.29, 1.82) is 0 Å². The van der Waals surface area contributed by atoms with E-state index in [1.807, 2.05) is 7.05 Å². The van der Waals surface area contributed by atoms with Gasteiger partial charge in [0.1, 0.15) is 0 Å². The third kappa shape index (κ3) is 2.07. The third-order valence-corrected chi connectivity index (χ3v) is 2.36. The van der Waals surface area contributed by atoms with Gasteiger partial charge in [-0.1, -0.05) is 0 Å². The molecule has 0 atom stereocenters. The van der Waals surface area contributed by atoms with Gasteiger partial charge in [0.05, 0.1) is 17.3 Å². The van der Waals surface area contributed by atoms with Crippen LogP contribution in [0.2, 0.25) is 0 Å². The largest absolute Gasteiger partial charge is 0.464 e. The highest BCUT2D eigenvalue weighted by molar-refractivity contribution is 9.10. The molecule has 1 aromatic rings. The normalized spacial score (nSPS) is 10.1. The minimum Gasteiger partial charge on any atom is -0.464 e. The first kappa shape index (κ1) is 10.2. The number of carbonyl (C=O) groups excluding carboxylic acids is 1. The van der Waals surface area contributed by atoms with Crippen LogP contribution in [0.1, 0.15) is 16.2 Å². The van der Waals surface area contributed by atoms with Gasteiger partial charge in [0.15, 0.2) is 5.69 Å². The number of rotatable bonds is 3. The first-order valence-corrected chi connectivity index (χ1v) is 4.45. The minimum absolute atomic E-state index is 0.271. The van der Waals surface area contributed by atoms with Gasteiger partial charge in [0, 0.05) is 6.54 Å². The molecule has 0 bridgehead atoms. The van der Waals surface area contributed by atoms with E-state index < -0.39 is 5.97 Å². The van der Waals surface area contributed by atoms with Crippen LogP contribution in [-0.2, 0) is 11.3 Å². The summed E-state index contributed by atoms with van der Waals surface area (Å²) in [6.07, 6.45) is 0. The van der Waals surface area contributed by atoms with Crippen LogP contribution in [0.4, 0.5) is 0 Å². The van der Waals surface area contributed by atoms with E-state index in [-0.39, 0.29) is 5.69 Å². The van der Waals surface area contributed by atoms with Crippen molar-refractivity contribution in [3.8, 4) is 0 Å². The van der Waals surface area contributed by atoms with Crippen LogP contribution in [0, 0.1) is 0 Å². The summed E-state index contributed by atoms with van der Waals surface area (Å²) in [5.74, 6) is -0.453. The zero-order valence-electron chi connectivity index (χ0n) is 7.35. The van der Waals surface area contributed by atoms with Crippen molar-refractivity contribution < 1.29 is 9.53 Å². The Morgan fingerprint density at radius 3 is 3.00 bits per heavy atom. The Balaban J connectivity index is 2.92. The van der Waals surface area contributed by atoms with Gasteiger partial charge in [-0.3, -0.25) is 5.10 Å². The number of halogens is 1. The summed E-state index contributed by atoms with van der Waals surface area (Å²) >= 11 is 3.26. The van der Waals surface area contributed by atoms with Crippen molar-refractivity contribution in [2.24, 2.45) is 0 Å². The van der Waals surface area contributed by atoms with Gasteiger partial charge in [0.25, 0.3) is 0 Å². The summed E-state index contributed by atoms with van der Waals surface area (Å²) in [5, 5.41) is 9.49. The number of methoxy groups -OCH3 is 1. The van der Waals surface area contributed by atoms with E-state index in [9.17, 15) is 4.79 Å². The number of H-pyrrole nitrogens is 1. The second-order valence-electron chi connectivity index (χ2n) is 2.39. The molecule has 1 heterocycles. The summed E-state index contributed by atoms with van der Waals surface area (Å²) in [6, 6.07) is 0. The molecule has 0 unspecified atom stereocenters. The molecule has 0 aromatic carbocycles. The standard InChI is InChI=1S/C7H10BrN3O2/c1-9-3-4-5(8)6(11-10-4)7(12)13-2/h9H,3H2,1-2H3,(H,10,11). The quantitative estimate of drug-likeness (QED) is 0.772. The SMILES string of the molecule is CNCc1[nH]nc(C(=O)OC)c1Br. The number of nitrogens with zero attached hydrogens (tertiary/aromatic N) is 1. The Kier molecular flexibility index (Phi) is 3.44. The number of hydrogen-bond donors (Lipinski definition) is 2. The van der Waals surface area contributed by atoms with Crippen molar-refractivity contribution in [3.05, 3.63) is 15.9 Å². The number of aromatic nitrogens is 2. The fraction of sp³-hybridized carbons (Fsp3) is 0.429. The summed E-state index contributed by atoms with van der Waals surface area (Å²) < 4.78 is 5.18. The maximum Gasteiger partial charge on any atom is 0.359 e. The van der Waals surface area contributed by atoms with E-state index >= 15 is 0 Å². The van der Waals surface area contributed by atoms with E-state index in [2.05, 4.69) is 36.2 Å². The number of esters is 1. The van der Waals surface area contributed by atoms with Crippen LogP contribution in [0.5, 0.6) is 0 Å². The minimum atomic E-state index is -0.453. The van der Waals surface area contributed by atoms with Gasteiger partial charge in [-0.05, 0) is 23.0 Å². The molecule has 13 heavy (non-hydrogen) atoms. The molecule has 1 rings (SSSR count). The van der Waals surface area contributed by atoms with Crippen molar-refractivity contribution >= 4 is 21.9 Å². The highest BCUT2D eigenvalue weighted by atomic mass is 79.9. The number of hydrogen-bond acceptors (Lipinski definition) is 4. The Morgan fingerprint density at radius 2 is 2.46 bits per heavy atom. The lowest BCUT2D eigenvalue weighted by Gasteiger charge is -1.96. The fourth-order valence-corrected chi connectivity index (χ4v) is 1.37. The summed E-state index contributed by atoms with van der Waals surface area (Å²) in [4.78, 5) is 11.1. The van der Waals surface area contributed by atoms with Crippen LogP contribution in [-0.4, -0.2) is 30.3 Å². The van der Waals surface area contributed by atoms with Crippen LogP contribution < -0.4 is 5.32 Å². The number of ether oxygens (including phenoxy) is 1.